The lowest BCUT2D eigenvalue weighted by Crippen LogP contribution is -2.18. The fourth-order valence-electron chi connectivity index (χ4n) is 0.704. The molecule has 0 unspecified atom stereocenters. The van der Waals surface area contributed by atoms with Crippen molar-refractivity contribution in [3.8, 4) is 0 Å². The second kappa shape index (κ2) is 3.05. The quantitative estimate of drug-likeness (QED) is 0.544. The predicted octanol–water partition coefficient (Wildman–Crippen LogP) is -0.562. The molecule has 5 heteroatoms. The molecule has 1 rings (SSSR count). The highest BCUT2D eigenvalue weighted by atomic mass is 16.6. The standard InChI is InChI=1S/C6H8N2O3/c7-5(9)1-2-8-3-4-11-6(8)10/h1-2H,3-4H2,(H2,7,9)/b2-1-. The highest BCUT2D eigenvalue weighted by Gasteiger charge is 2.18. The summed E-state index contributed by atoms with van der Waals surface area (Å²) in [6.45, 7) is 0.838. The molecule has 5 nitrogen and oxygen atoms in total. The molecule has 1 aliphatic heterocycles. The number of cyclic esters (lactones) is 1. The van der Waals surface area contributed by atoms with Gasteiger partial charge >= 0.3 is 6.09 Å². The molecule has 2 N–H and O–H groups in total. The van der Waals surface area contributed by atoms with Gasteiger partial charge in [0.05, 0.1) is 6.54 Å². The largest absolute Gasteiger partial charge is 0.447 e. The maximum absolute atomic E-state index is 10.7. The first kappa shape index (κ1) is 7.59. The lowest BCUT2D eigenvalue weighted by Gasteiger charge is -2.02. The predicted molar refractivity (Wildman–Crippen MR) is 36.4 cm³/mol. The lowest BCUT2D eigenvalue weighted by atomic mass is 10.5. The summed E-state index contributed by atoms with van der Waals surface area (Å²) in [4.78, 5) is 22.2. The van der Waals surface area contributed by atoms with E-state index < -0.39 is 12.0 Å². The van der Waals surface area contributed by atoms with Crippen LogP contribution in [0.5, 0.6) is 0 Å². The summed E-state index contributed by atoms with van der Waals surface area (Å²) in [7, 11) is 0. The van der Waals surface area contributed by atoms with Crippen molar-refractivity contribution < 1.29 is 14.3 Å². The Morgan fingerprint density at radius 1 is 1.73 bits per heavy atom. The minimum atomic E-state index is -0.579. The highest BCUT2D eigenvalue weighted by Crippen LogP contribution is 2.02. The molecule has 1 heterocycles. The zero-order chi connectivity index (χ0) is 8.27. The molecule has 1 saturated heterocycles. The fraction of sp³-hybridized carbons (Fsp3) is 0.333. The Hall–Kier alpha value is -1.52. The van der Waals surface area contributed by atoms with Gasteiger partial charge in [0.15, 0.2) is 0 Å². The van der Waals surface area contributed by atoms with E-state index >= 15 is 0 Å². The SMILES string of the molecule is NC(=O)/C=C\N1CCOC1=O. The van der Waals surface area contributed by atoms with Gasteiger partial charge in [-0.05, 0) is 0 Å². The minimum Gasteiger partial charge on any atom is -0.447 e. The Bertz CT molecular complexity index is 212. The average Bonchev–Trinajstić information content (AvgIpc) is 2.31. The summed E-state index contributed by atoms with van der Waals surface area (Å²) in [6, 6.07) is 0. The number of nitrogens with two attached hydrogens (primary N) is 1. The third-order valence-electron chi connectivity index (χ3n) is 1.21. The highest BCUT2D eigenvalue weighted by molar-refractivity contribution is 5.86. The van der Waals surface area contributed by atoms with Crippen molar-refractivity contribution >= 4 is 12.0 Å². The van der Waals surface area contributed by atoms with Crippen LogP contribution in [0.15, 0.2) is 12.3 Å². The smallest absolute Gasteiger partial charge is 0.413 e. The summed E-state index contributed by atoms with van der Waals surface area (Å²) >= 11 is 0. The number of ether oxygens (including phenoxy) is 1. The van der Waals surface area contributed by atoms with E-state index in [1.54, 1.807) is 0 Å². The van der Waals surface area contributed by atoms with E-state index in [9.17, 15) is 9.59 Å². The third kappa shape index (κ3) is 1.96. The van der Waals surface area contributed by atoms with Crippen molar-refractivity contribution in [2.24, 2.45) is 5.73 Å². The van der Waals surface area contributed by atoms with Crippen LogP contribution >= 0.6 is 0 Å². The number of amides is 2. The molecule has 60 valence electrons. The maximum Gasteiger partial charge on any atom is 0.413 e. The molecule has 0 radical (unpaired) electrons. The number of carbonyl (C=O) groups excluding carboxylic acids is 2. The van der Waals surface area contributed by atoms with Crippen molar-refractivity contribution in [1.82, 2.24) is 4.90 Å². The molecular formula is C6H8N2O3. The first-order chi connectivity index (χ1) is 5.20. The first-order valence-corrected chi connectivity index (χ1v) is 3.11. The molecule has 0 saturated carbocycles. The van der Waals surface area contributed by atoms with Gasteiger partial charge in [-0.2, -0.15) is 0 Å². The van der Waals surface area contributed by atoms with Gasteiger partial charge in [0.25, 0.3) is 0 Å². The van der Waals surface area contributed by atoms with Crippen LogP contribution in [0.25, 0.3) is 0 Å². The zero-order valence-corrected chi connectivity index (χ0v) is 5.82. The van der Waals surface area contributed by atoms with Crippen LogP contribution in [0.4, 0.5) is 4.79 Å². The Labute approximate surface area is 63.4 Å². The summed E-state index contributed by atoms with van der Waals surface area (Å²) in [6.07, 6.45) is 1.99. The van der Waals surface area contributed by atoms with E-state index in [2.05, 4.69) is 4.74 Å². The molecule has 11 heavy (non-hydrogen) atoms. The van der Waals surface area contributed by atoms with E-state index in [1.807, 2.05) is 0 Å². The van der Waals surface area contributed by atoms with E-state index in [1.165, 1.54) is 11.1 Å². The number of primary amides is 1. The monoisotopic (exact) mass is 156 g/mol. The van der Waals surface area contributed by atoms with Crippen molar-refractivity contribution in [2.75, 3.05) is 13.2 Å². The second-order valence-electron chi connectivity index (χ2n) is 2.03. The molecule has 0 aliphatic carbocycles. The molecule has 0 aromatic carbocycles. The summed E-state index contributed by atoms with van der Waals surface area (Å²) in [5.41, 5.74) is 4.81. The summed E-state index contributed by atoms with van der Waals surface area (Å²) in [5.74, 6) is -0.579. The van der Waals surface area contributed by atoms with Gasteiger partial charge in [-0.1, -0.05) is 0 Å². The first-order valence-electron chi connectivity index (χ1n) is 3.11. The fourth-order valence-corrected chi connectivity index (χ4v) is 0.704. The Morgan fingerprint density at radius 3 is 2.91 bits per heavy atom. The number of rotatable bonds is 2. The Balaban J connectivity index is 2.48. The summed E-state index contributed by atoms with van der Waals surface area (Å²) in [5, 5.41) is 0. The van der Waals surface area contributed by atoms with Crippen LogP contribution in [0.1, 0.15) is 0 Å². The molecular weight excluding hydrogens is 148 g/mol. The normalized spacial score (nSPS) is 17.5. The van der Waals surface area contributed by atoms with Gasteiger partial charge in [0, 0.05) is 12.3 Å². The van der Waals surface area contributed by atoms with Crippen LogP contribution in [0, 0.1) is 0 Å². The second-order valence-corrected chi connectivity index (χ2v) is 2.03. The van der Waals surface area contributed by atoms with E-state index in [0.717, 1.165) is 6.08 Å². The number of nitrogens with zero attached hydrogens (tertiary/aromatic N) is 1. The van der Waals surface area contributed by atoms with Crippen LogP contribution in [-0.4, -0.2) is 30.1 Å². The molecule has 0 spiro atoms. The van der Waals surface area contributed by atoms with E-state index in [0.29, 0.717) is 13.2 Å². The van der Waals surface area contributed by atoms with Gasteiger partial charge in [-0.25, -0.2) is 4.79 Å². The number of carbonyl (C=O) groups is 2. The van der Waals surface area contributed by atoms with Crippen molar-refractivity contribution in [1.29, 1.82) is 0 Å². The molecule has 1 fully saturated rings. The Morgan fingerprint density at radius 2 is 2.45 bits per heavy atom. The molecule has 0 aromatic heterocycles. The van der Waals surface area contributed by atoms with Gasteiger partial charge < -0.3 is 10.5 Å². The lowest BCUT2D eigenvalue weighted by molar-refractivity contribution is -0.113. The number of hydrogen-bond acceptors (Lipinski definition) is 3. The third-order valence-corrected chi connectivity index (χ3v) is 1.21. The average molecular weight is 156 g/mol. The van der Waals surface area contributed by atoms with Crippen molar-refractivity contribution in [3.63, 3.8) is 0 Å². The van der Waals surface area contributed by atoms with Gasteiger partial charge in [0.2, 0.25) is 5.91 Å². The van der Waals surface area contributed by atoms with E-state index in [-0.39, 0.29) is 0 Å². The molecule has 2 amide bonds. The van der Waals surface area contributed by atoms with Gasteiger partial charge in [-0.15, -0.1) is 0 Å². The zero-order valence-electron chi connectivity index (χ0n) is 5.82. The van der Waals surface area contributed by atoms with Gasteiger partial charge in [-0.3, -0.25) is 9.69 Å². The van der Waals surface area contributed by atoms with Crippen LogP contribution in [-0.2, 0) is 9.53 Å². The van der Waals surface area contributed by atoms with Crippen LogP contribution in [0.3, 0.4) is 0 Å². The summed E-state index contributed by atoms with van der Waals surface area (Å²) < 4.78 is 4.58. The topological polar surface area (TPSA) is 72.6 Å². The van der Waals surface area contributed by atoms with Crippen LogP contribution in [0.2, 0.25) is 0 Å². The maximum atomic E-state index is 10.7. The number of hydrogen-bond donors (Lipinski definition) is 1. The minimum absolute atomic E-state index is 0.363. The van der Waals surface area contributed by atoms with Gasteiger partial charge in [0.1, 0.15) is 6.61 Å². The molecule has 1 aliphatic rings. The van der Waals surface area contributed by atoms with Crippen molar-refractivity contribution in [2.45, 2.75) is 0 Å². The molecule has 0 atom stereocenters. The molecule has 0 aromatic rings. The van der Waals surface area contributed by atoms with Crippen LogP contribution < -0.4 is 5.73 Å². The molecule has 0 bridgehead atoms. The Kier molecular flexibility index (Phi) is 2.10. The van der Waals surface area contributed by atoms with Crippen molar-refractivity contribution in [3.05, 3.63) is 12.3 Å². The van der Waals surface area contributed by atoms with E-state index in [4.69, 9.17) is 5.73 Å².